The van der Waals surface area contributed by atoms with Gasteiger partial charge in [0.05, 0.1) is 28.4 Å². The van der Waals surface area contributed by atoms with Gasteiger partial charge in [-0.15, -0.1) is 0 Å². The molecule has 0 saturated carbocycles. The van der Waals surface area contributed by atoms with Crippen molar-refractivity contribution in [3.63, 3.8) is 0 Å². The van der Waals surface area contributed by atoms with Gasteiger partial charge in [-0.1, -0.05) is 23.7 Å². The monoisotopic (exact) mass is 338 g/mol. The summed E-state index contributed by atoms with van der Waals surface area (Å²) in [5.41, 5.74) is 1.72. The Kier molecular flexibility index (Phi) is 6.11. The Labute approximate surface area is 148 Å². The van der Waals surface area contributed by atoms with Gasteiger partial charge in [-0.25, -0.2) is 0 Å². The lowest BCUT2D eigenvalue weighted by molar-refractivity contribution is 0.104. The first-order valence-electron chi connectivity index (χ1n) is 7.50. The number of hydrogen-bond donors (Lipinski definition) is 0. The Morgan fingerprint density at radius 1 is 0.880 bits per heavy atom. The lowest BCUT2D eigenvalue weighted by Crippen LogP contribution is -2.07. The summed E-state index contributed by atoms with van der Waals surface area (Å²) in [6.07, 6.45) is 3.14. The summed E-state index contributed by atoms with van der Waals surface area (Å²) in [6, 6.07) is 8.51. The van der Waals surface area contributed by atoms with E-state index in [-0.39, 0.29) is 5.78 Å². The number of carbonyl (C=O) groups is 1. The van der Waals surface area contributed by atoms with Crippen LogP contribution in [0.3, 0.4) is 0 Å². The first kappa shape index (κ1) is 18.5. The van der Waals surface area contributed by atoms with Gasteiger partial charge in [0.15, 0.2) is 17.3 Å². The van der Waals surface area contributed by atoms with Crippen LogP contribution in [0.25, 0.3) is 6.08 Å². The first-order chi connectivity index (χ1) is 12.0. The smallest absolute Gasteiger partial charge is 0.203 e. The molecule has 0 aliphatic rings. The van der Waals surface area contributed by atoms with Crippen LogP contribution in [0.2, 0.25) is 0 Å². The molecule has 0 unspecified atom stereocenters. The van der Waals surface area contributed by atoms with Crippen molar-refractivity contribution in [2.45, 2.75) is 0 Å². The summed E-state index contributed by atoms with van der Waals surface area (Å²) < 4.78 is 20.9. The van der Waals surface area contributed by atoms with Gasteiger partial charge in [-0.2, -0.15) is 0 Å². The zero-order valence-corrected chi connectivity index (χ0v) is 14.7. The summed E-state index contributed by atoms with van der Waals surface area (Å²) in [7, 11) is 11.9. The Hall–Kier alpha value is -2.89. The van der Waals surface area contributed by atoms with Crippen LogP contribution in [0.4, 0.5) is 0 Å². The van der Waals surface area contributed by atoms with Crippen molar-refractivity contribution < 1.29 is 23.7 Å². The molecule has 0 aliphatic carbocycles. The third-order valence-corrected chi connectivity index (χ3v) is 3.63. The van der Waals surface area contributed by atoms with Crippen molar-refractivity contribution in [3.05, 3.63) is 47.5 Å². The molecule has 0 heterocycles. The number of methoxy groups -OCH3 is 4. The van der Waals surface area contributed by atoms with E-state index in [1.165, 1.54) is 27.4 Å². The minimum absolute atomic E-state index is 0.200. The number of ether oxygens (including phenoxy) is 4. The number of ketones is 1. The highest BCUT2D eigenvalue weighted by atomic mass is 16.5. The van der Waals surface area contributed by atoms with Gasteiger partial charge in [0.1, 0.15) is 13.6 Å². The summed E-state index contributed by atoms with van der Waals surface area (Å²) in [6.45, 7) is 0. The molecular weight excluding hydrogens is 319 g/mol. The van der Waals surface area contributed by atoms with E-state index >= 15 is 0 Å². The molecule has 0 N–H and O–H groups in total. The molecule has 2 aromatic rings. The molecule has 0 aromatic heterocycles. The van der Waals surface area contributed by atoms with E-state index in [9.17, 15) is 4.79 Å². The Balaban J connectivity index is 2.30. The molecule has 5 nitrogen and oxygen atoms in total. The second kappa shape index (κ2) is 8.28. The zero-order valence-electron chi connectivity index (χ0n) is 14.7. The van der Waals surface area contributed by atoms with Crippen molar-refractivity contribution in [1.29, 1.82) is 0 Å². The molecule has 128 valence electrons. The lowest BCUT2D eigenvalue weighted by atomic mass is 9.93. The van der Waals surface area contributed by atoms with E-state index in [2.05, 4.69) is 0 Å². The van der Waals surface area contributed by atoms with E-state index in [0.29, 0.717) is 34.0 Å². The van der Waals surface area contributed by atoms with E-state index in [0.717, 1.165) is 5.56 Å². The minimum Gasteiger partial charge on any atom is -0.497 e. The van der Waals surface area contributed by atoms with Crippen molar-refractivity contribution in [3.8, 4) is 23.0 Å². The Bertz CT molecular complexity index is 773. The highest BCUT2D eigenvalue weighted by molar-refractivity contribution is 6.34. The van der Waals surface area contributed by atoms with Crippen molar-refractivity contribution >= 4 is 25.2 Å². The fourth-order valence-electron chi connectivity index (χ4n) is 2.35. The third kappa shape index (κ3) is 4.15. The quantitative estimate of drug-likeness (QED) is 0.441. The molecule has 2 aromatic carbocycles. The maximum atomic E-state index is 12.5. The fourth-order valence-corrected chi connectivity index (χ4v) is 2.35. The van der Waals surface area contributed by atoms with Gasteiger partial charge in [-0.3, -0.25) is 4.79 Å². The second-order valence-corrected chi connectivity index (χ2v) is 5.11. The molecule has 6 heteroatoms. The zero-order chi connectivity index (χ0) is 18.4. The average molecular weight is 338 g/mol. The van der Waals surface area contributed by atoms with Gasteiger partial charge < -0.3 is 18.9 Å². The maximum absolute atomic E-state index is 12.5. The van der Waals surface area contributed by atoms with Crippen molar-refractivity contribution in [1.82, 2.24) is 0 Å². The molecule has 0 fully saturated rings. The molecular formula is C19H19BO5. The van der Waals surface area contributed by atoms with Crippen LogP contribution < -0.4 is 24.4 Å². The molecule has 2 radical (unpaired) electrons. The highest BCUT2D eigenvalue weighted by Crippen LogP contribution is 2.38. The van der Waals surface area contributed by atoms with Crippen molar-refractivity contribution in [2.75, 3.05) is 28.4 Å². The Morgan fingerprint density at radius 2 is 1.48 bits per heavy atom. The van der Waals surface area contributed by atoms with Crippen LogP contribution in [0.1, 0.15) is 15.9 Å². The van der Waals surface area contributed by atoms with E-state index in [1.807, 2.05) is 6.07 Å². The van der Waals surface area contributed by atoms with Crippen LogP contribution in [-0.4, -0.2) is 42.1 Å². The maximum Gasteiger partial charge on any atom is 0.203 e. The molecule has 0 aliphatic heterocycles. The summed E-state index contributed by atoms with van der Waals surface area (Å²) in [5, 5.41) is 0. The molecule has 0 spiro atoms. The standard InChI is InChI=1S/C19H19BO5/c1-22-16-8-6-12(9-14(16)20)5-7-15(21)13-10-17(23-2)19(25-4)18(11-13)24-3/h5-11H,1-4H3/b7-5+. The normalized spacial score (nSPS) is 10.6. The average Bonchev–Trinajstić information content (AvgIpc) is 2.64. The predicted molar refractivity (Wildman–Crippen MR) is 97.8 cm³/mol. The lowest BCUT2D eigenvalue weighted by Gasteiger charge is -2.13. The molecule has 0 atom stereocenters. The van der Waals surface area contributed by atoms with E-state index < -0.39 is 0 Å². The van der Waals surface area contributed by atoms with Crippen LogP contribution in [0, 0.1) is 0 Å². The first-order valence-corrected chi connectivity index (χ1v) is 7.50. The van der Waals surface area contributed by atoms with Crippen LogP contribution >= 0.6 is 0 Å². The minimum atomic E-state index is -0.200. The van der Waals surface area contributed by atoms with Crippen LogP contribution in [0.5, 0.6) is 23.0 Å². The number of hydrogen-bond acceptors (Lipinski definition) is 5. The van der Waals surface area contributed by atoms with E-state index in [1.54, 1.807) is 37.5 Å². The Morgan fingerprint density at radius 3 is 1.96 bits per heavy atom. The topological polar surface area (TPSA) is 54.0 Å². The van der Waals surface area contributed by atoms with Gasteiger partial charge in [0.25, 0.3) is 0 Å². The van der Waals surface area contributed by atoms with Crippen LogP contribution in [-0.2, 0) is 0 Å². The predicted octanol–water partition coefficient (Wildman–Crippen LogP) is 2.41. The van der Waals surface area contributed by atoms with Crippen LogP contribution in [0.15, 0.2) is 36.4 Å². The summed E-state index contributed by atoms with van der Waals surface area (Å²) in [5.74, 6) is 1.68. The number of rotatable bonds is 7. The number of allylic oxidation sites excluding steroid dienone is 1. The van der Waals surface area contributed by atoms with Gasteiger partial charge in [-0.05, 0) is 29.8 Å². The molecule has 0 bridgehead atoms. The summed E-state index contributed by atoms with van der Waals surface area (Å²) >= 11 is 0. The second-order valence-electron chi connectivity index (χ2n) is 5.11. The van der Waals surface area contributed by atoms with Gasteiger partial charge in [0, 0.05) is 5.56 Å². The number of benzene rings is 2. The largest absolute Gasteiger partial charge is 0.497 e. The molecule has 25 heavy (non-hydrogen) atoms. The fraction of sp³-hybridized carbons (Fsp3) is 0.211. The van der Waals surface area contributed by atoms with E-state index in [4.69, 9.17) is 26.8 Å². The molecule has 0 saturated heterocycles. The third-order valence-electron chi connectivity index (χ3n) is 3.63. The van der Waals surface area contributed by atoms with Gasteiger partial charge in [0.2, 0.25) is 5.75 Å². The SMILES string of the molecule is [B]c1cc(/C=C/C(=O)c2cc(OC)c(OC)c(OC)c2)ccc1OC. The number of carbonyl (C=O) groups excluding carboxylic acids is 1. The van der Waals surface area contributed by atoms with Gasteiger partial charge >= 0.3 is 0 Å². The molecule has 0 amide bonds. The summed E-state index contributed by atoms with van der Waals surface area (Å²) in [4.78, 5) is 12.5. The van der Waals surface area contributed by atoms with Crippen molar-refractivity contribution in [2.24, 2.45) is 0 Å². The highest BCUT2D eigenvalue weighted by Gasteiger charge is 2.15. The molecule has 2 rings (SSSR count).